The fraction of sp³-hybridized carbons (Fsp3) is 0.118. The minimum Gasteiger partial charge on any atom is -0.465 e. The lowest BCUT2D eigenvalue weighted by molar-refractivity contribution is 0.0600. The first kappa shape index (κ1) is 15.2. The van der Waals surface area contributed by atoms with Crippen molar-refractivity contribution in [3.8, 4) is 0 Å². The molecule has 0 saturated carbocycles. The van der Waals surface area contributed by atoms with Gasteiger partial charge in [0.2, 0.25) is 0 Å². The number of hydrogen-bond donors (Lipinski definition) is 0. The number of aromatic nitrogens is 3. The Hall–Kier alpha value is -2.73. The lowest BCUT2D eigenvalue weighted by Gasteiger charge is -2.07. The van der Waals surface area contributed by atoms with E-state index in [1.807, 2.05) is 40.4 Å². The number of methoxy groups -OCH3 is 1. The van der Waals surface area contributed by atoms with E-state index in [-0.39, 0.29) is 5.97 Å². The maximum Gasteiger partial charge on any atom is 0.337 e. The van der Waals surface area contributed by atoms with Gasteiger partial charge in [0.05, 0.1) is 25.5 Å². The molecule has 0 radical (unpaired) electrons. The van der Waals surface area contributed by atoms with Crippen molar-refractivity contribution in [1.29, 1.82) is 0 Å². The zero-order valence-corrected chi connectivity index (χ0v) is 13.4. The number of carbonyl (C=O) groups excluding carboxylic acids is 1. The highest BCUT2D eigenvalue weighted by Gasteiger charge is 2.08. The molecule has 0 aliphatic carbocycles. The molecule has 0 bridgehead atoms. The standard InChI is InChI=1S/C17H15N3O2S/c1-22-17(21)14-4-2-3-13(9-14)10-15(16-19-6-8-23-16)11-20-7-5-18-12-20/h2-10,12H,11H2,1H3/b15-10+. The number of esters is 1. The van der Waals surface area contributed by atoms with Crippen LogP contribution < -0.4 is 0 Å². The predicted molar refractivity (Wildman–Crippen MR) is 90.0 cm³/mol. The summed E-state index contributed by atoms with van der Waals surface area (Å²) in [4.78, 5) is 20.1. The Morgan fingerprint density at radius 1 is 1.39 bits per heavy atom. The summed E-state index contributed by atoms with van der Waals surface area (Å²) >= 11 is 1.58. The molecule has 23 heavy (non-hydrogen) atoms. The summed E-state index contributed by atoms with van der Waals surface area (Å²) in [6, 6.07) is 7.35. The largest absolute Gasteiger partial charge is 0.465 e. The molecule has 0 saturated heterocycles. The van der Waals surface area contributed by atoms with Gasteiger partial charge in [-0.2, -0.15) is 0 Å². The van der Waals surface area contributed by atoms with Crippen LogP contribution >= 0.6 is 11.3 Å². The van der Waals surface area contributed by atoms with E-state index >= 15 is 0 Å². The summed E-state index contributed by atoms with van der Waals surface area (Å²) in [5, 5.41) is 2.89. The highest BCUT2D eigenvalue weighted by Crippen LogP contribution is 2.22. The molecule has 0 unspecified atom stereocenters. The SMILES string of the molecule is COC(=O)c1cccc(/C=C(\Cn2ccnc2)c2nccs2)c1. The van der Waals surface area contributed by atoms with Gasteiger partial charge in [-0.1, -0.05) is 12.1 Å². The van der Waals surface area contributed by atoms with Crippen LogP contribution in [0.25, 0.3) is 11.6 Å². The van der Waals surface area contributed by atoms with Crippen LogP contribution in [0.1, 0.15) is 20.9 Å². The van der Waals surface area contributed by atoms with E-state index < -0.39 is 0 Å². The van der Waals surface area contributed by atoms with E-state index in [1.54, 1.807) is 36.1 Å². The first-order chi connectivity index (χ1) is 11.3. The number of allylic oxidation sites excluding steroid dienone is 1. The van der Waals surface area contributed by atoms with Gasteiger partial charge in [0.15, 0.2) is 0 Å². The summed E-state index contributed by atoms with van der Waals surface area (Å²) < 4.78 is 6.75. The summed E-state index contributed by atoms with van der Waals surface area (Å²) in [6.45, 7) is 0.663. The average Bonchev–Trinajstić information content (AvgIpc) is 3.27. The molecule has 3 rings (SSSR count). The Labute approximate surface area is 137 Å². The van der Waals surface area contributed by atoms with Gasteiger partial charge in [0, 0.05) is 29.5 Å². The zero-order chi connectivity index (χ0) is 16.1. The Balaban J connectivity index is 1.96. The van der Waals surface area contributed by atoms with Crippen molar-refractivity contribution in [2.24, 2.45) is 0 Å². The summed E-state index contributed by atoms with van der Waals surface area (Å²) in [6.07, 6.45) is 9.24. The van der Waals surface area contributed by atoms with Crippen LogP contribution in [-0.4, -0.2) is 27.6 Å². The van der Waals surface area contributed by atoms with E-state index in [9.17, 15) is 4.79 Å². The van der Waals surface area contributed by atoms with Crippen molar-refractivity contribution in [3.63, 3.8) is 0 Å². The molecule has 0 atom stereocenters. The molecular formula is C17H15N3O2S. The minimum atomic E-state index is -0.342. The Kier molecular flexibility index (Phi) is 4.63. The summed E-state index contributed by atoms with van der Waals surface area (Å²) in [5.41, 5.74) is 2.51. The first-order valence-electron chi connectivity index (χ1n) is 7.01. The normalized spacial score (nSPS) is 11.4. The smallest absolute Gasteiger partial charge is 0.337 e. The van der Waals surface area contributed by atoms with Crippen LogP contribution in [0.15, 0.2) is 54.6 Å². The number of thiazole rings is 1. The highest BCUT2D eigenvalue weighted by atomic mass is 32.1. The van der Waals surface area contributed by atoms with Gasteiger partial charge >= 0.3 is 5.97 Å². The highest BCUT2D eigenvalue weighted by molar-refractivity contribution is 7.10. The van der Waals surface area contributed by atoms with Gasteiger partial charge in [-0.15, -0.1) is 11.3 Å². The van der Waals surface area contributed by atoms with Crippen molar-refractivity contribution < 1.29 is 9.53 Å². The van der Waals surface area contributed by atoms with E-state index in [4.69, 9.17) is 4.74 Å². The number of ether oxygens (including phenoxy) is 1. The molecule has 2 aromatic heterocycles. The van der Waals surface area contributed by atoms with Gasteiger partial charge in [-0.05, 0) is 23.8 Å². The van der Waals surface area contributed by atoms with Gasteiger partial charge in [0.1, 0.15) is 5.01 Å². The van der Waals surface area contributed by atoms with E-state index in [2.05, 4.69) is 9.97 Å². The number of nitrogens with zero attached hydrogens (tertiary/aromatic N) is 3. The predicted octanol–water partition coefficient (Wildman–Crippen LogP) is 3.37. The molecule has 0 aliphatic heterocycles. The zero-order valence-electron chi connectivity index (χ0n) is 12.5. The number of hydrogen-bond acceptors (Lipinski definition) is 5. The molecule has 0 N–H and O–H groups in total. The number of rotatable bonds is 5. The molecule has 0 aliphatic rings. The molecule has 6 heteroatoms. The fourth-order valence-corrected chi connectivity index (χ4v) is 2.86. The Morgan fingerprint density at radius 2 is 2.30 bits per heavy atom. The lowest BCUT2D eigenvalue weighted by atomic mass is 10.1. The van der Waals surface area contributed by atoms with Crippen molar-refractivity contribution in [2.75, 3.05) is 7.11 Å². The molecular weight excluding hydrogens is 310 g/mol. The van der Waals surface area contributed by atoms with Crippen LogP contribution in [0.5, 0.6) is 0 Å². The van der Waals surface area contributed by atoms with Crippen molar-refractivity contribution in [1.82, 2.24) is 14.5 Å². The van der Waals surface area contributed by atoms with E-state index in [0.29, 0.717) is 12.1 Å². The lowest BCUT2D eigenvalue weighted by Crippen LogP contribution is -2.01. The fourth-order valence-electron chi connectivity index (χ4n) is 2.21. The quantitative estimate of drug-likeness (QED) is 0.675. The van der Waals surface area contributed by atoms with Gasteiger partial charge in [-0.3, -0.25) is 0 Å². The minimum absolute atomic E-state index is 0.342. The Morgan fingerprint density at radius 3 is 3.00 bits per heavy atom. The van der Waals surface area contributed by atoms with E-state index in [0.717, 1.165) is 16.1 Å². The number of benzene rings is 1. The monoisotopic (exact) mass is 325 g/mol. The molecule has 5 nitrogen and oxygen atoms in total. The van der Waals surface area contributed by atoms with Crippen LogP contribution in [-0.2, 0) is 11.3 Å². The van der Waals surface area contributed by atoms with Crippen molar-refractivity contribution >= 4 is 29.0 Å². The molecule has 1 aromatic carbocycles. The molecule has 0 amide bonds. The van der Waals surface area contributed by atoms with Crippen LogP contribution in [0, 0.1) is 0 Å². The number of imidazole rings is 1. The maximum absolute atomic E-state index is 11.7. The second-order valence-corrected chi connectivity index (χ2v) is 5.75. The van der Waals surface area contributed by atoms with Crippen LogP contribution in [0.4, 0.5) is 0 Å². The molecule has 0 spiro atoms. The second kappa shape index (κ2) is 7.02. The molecule has 2 heterocycles. The van der Waals surface area contributed by atoms with Crippen molar-refractivity contribution in [2.45, 2.75) is 6.54 Å². The first-order valence-corrected chi connectivity index (χ1v) is 7.89. The van der Waals surface area contributed by atoms with Crippen molar-refractivity contribution in [3.05, 3.63) is 70.7 Å². The van der Waals surface area contributed by atoms with Gasteiger partial charge in [-0.25, -0.2) is 14.8 Å². The molecule has 116 valence electrons. The summed E-state index contributed by atoms with van der Waals surface area (Å²) in [5.74, 6) is -0.342. The second-order valence-electron chi connectivity index (χ2n) is 4.86. The van der Waals surface area contributed by atoms with Gasteiger partial charge in [0.25, 0.3) is 0 Å². The topological polar surface area (TPSA) is 57.0 Å². The Bertz CT molecular complexity index is 808. The maximum atomic E-state index is 11.7. The average molecular weight is 325 g/mol. The van der Waals surface area contributed by atoms with E-state index in [1.165, 1.54) is 7.11 Å². The van der Waals surface area contributed by atoms with Crippen LogP contribution in [0.3, 0.4) is 0 Å². The molecule has 3 aromatic rings. The van der Waals surface area contributed by atoms with Gasteiger partial charge < -0.3 is 9.30 Å². The third-order valence-corrected chi connectivity index (χ3v) is 4.12. The van der Waals surface area contributed by atoms with Crippen LogP contribution in [0.2, 0.25) is 0 Å². The number of carbonyl (C=O) groups is 1. The third-order valence-electron chi connectivity index (χ3n) is 3.27. The molecule has 0 fully saturated rings. The summed E-state index contributed by atoms with van der Waals surface area (Å²) in [7, 11) is 1.38. The third kappa shape index (κ3) is 3.73.